The quantitative estimate of drug-likeness (QED) is 0.590. The van der Waals surface area contributed by atoms with Gasteiger partial charge in [-0.05, 0) is 36.6 Å². The number of aromatic nitrogens is 1. The minimum Gasteiger partial charge on any atom is -1.00 e. The van der Waals surface area contributed by atoms with Gasteiger partial charge in [0.15, 0.2) is 0 Å². The molecule has 0 atom stereocenters. The number of anilines is 1. The third kappa shape index (κ3) is 6.34. The summed E-state index contributed by atoms with van der Waals surface area (Å²) in [4.78, 5) is 18.8. The summed E-state index contributed by atoms with van der Waals surface area (Å²) in [5.74, 6) is 1.18. The average Bonchev–Trinajstić information content (AvgIpc) is 3.02. The first-order valence-electron chi connectivity index (χ1n) is 9.30. The number of pyridine rings is 1. The van der Waals surface area contributed by atoms with Crippen molar-refractivity contribution >= 4 is 33.3 Å². The van der Waals surface area contributed by atoms with E-state index in [1.165, 1.54) is 6.20 Å². The molecule has 2 heterocycles. The van der Waals surface area contributed by atoms with Crippen LogP contribution in [0, 0.1) is 5.92 Å². The van der Waals surface area contributed by atoms with Gasteiger partial charge in [0, 0.05) is 41.0 Å². The van der Waals surface area contributed by atoms with E-state index in [-0.39, 0.29) is 31.0 Å². The van der Waals surface area contributed by atoms with E-state index in [0.717, 1.165) is 23.1 Å². The van der Waals surface area contributed by atoms with Crippen LogP contribution in [0.1, 0.15) is 36.8 Å². The second-order valence-corrected chi connectivity index (χ2v) is 9.68. The monoisotopic (exact) mass is 461 g/mol. The molecule has 0 unspecified atom stereocenters. The molecule has 0 fully saturated rings. The van der Waals surface area contributed by atoms with Crippen molar-refractivity contribution in [2.45, 2.75) is 26.8 Å². The first-order chi connectivity index (χ1) is 13.6. The van der Waals surface area contributed by atoms with E-state index in [1.807, 2.05) is 21.8 Å². The van der Waals surface area contributed by atoms with Gasteiger partial charge in [-0.15, -0.1) is 0 Å². The van der Waals surface area contributed by atoms with E-state index in [4.69, 9.17) is 16.3 Å². The maximum Gasteiger partial charge on any atom is 1.00 e. The molecule has 1 aliphatic heterocycles. The van der Waals surface area contributed by atoms with Crippen molar-refractivity contribution in [2.75, 3.05) is 24.3 Å². The molecular weight excluding hydrogens is 437 g/mol. The van der Waals surface area contributed by atoms with E-state index >= 15 is 0 Å². The zero-order valence-electron chi connectivity index (χ0n) is 18.6. The molecule has 158 valence electrons. The van der Waals surface area contributed by atoms with Crippen molar-refractivity contribution in [3.8, 4) is 5.75 Å². The zero-order chi connectivity index (χ0) is 21.2. The minimum atomic E-state index is -3.64. The van der Waals surface area contributed by atoms with Gasteiger partial charge in [-0.2, -0.15) is 0 Å². The van der Waals surface area contributed by atoms with E-state index in [1.54, 1.807) is 12.1 Å². The number of hydrogen-bond acceptors (Lipinski definition) is 6. The summed E-state index contributed by atoms with van der Waals surface area (Å²) in [6.45, 7) is 5.94. The molecule has 2 aromatic rings. The van der Waals surface area contributed by atoms with Crippen molar-refractivity contribution in [1.29, 1.82) is 0 Å². The summed E-state index contributed by atoms with van der Waals surface area (Å²) in [5.41, 5.74) is 1.99. The number of benzene rings is 1. The molecule has 1 amide bonds. The van der Waals surface area contributed by atoms with Gasteiger partial charge < -0.3 is 11.1 Å². The normalized spacial score (nSPS) is 13.0. The van der Waals surface area contributed by atoms with Crippen molar-refractivity contribution in [3.05, 3.63) is 52.2 Å². The number of carbonyl (C=O) groups excluding carboxylic acids is 1. The van der Waals surface area contributed by atoms with E-state index in [0.29, 0.717) is 48.4 Å². The Balaban J connectivity index is 0.00000240. The zero-order valence-corrected chi connectivity index (χ0v) is 21.2. The third-order valence-electron chi connectivity index (χ3n) is 4.44. The molecule has 3 rings (SSSR count). The van der Waals surface area contributed by atoms with E-state index in [2.05, 4.69) is 18.8 Å². The molecule has 1 aromatic heterocycles. The second-order valence-electron chi connectivity index (χ2n) is 7.49. The number of rotatable bonds is 7. The fraction of sp³-hybridized carbons (Fsp3) is 0.400. The molecule has 0 bridgehead atoms. The van der Waals surface area contributed by atoms with Crippen LogP contribution in [0.2, 0.25) is 5.02 Å². The number of amides is 1. The number of sulfonamides is 1. The van der Waals surface area contributed by atoms with Crippen LogP contribution in [0.25, 0.3) is 0 Å². The van der Waals surface area contributed by atoms with Crippen LogP contribution >= 0.6 is 11.6 Å². The number of nitrogens with zero attached hydrogens (tertiary/aromatic N) is 2. The number of fused-ring (bicyclic) bond motifs is 1. The molecule has 10 heteroatoms. The minimum absolute atomic E-state index is 0. The Kier molecular flexibility index (Phi) is 8.59. The molecule has 30 heavy (non-hydrogen) atoms. The van der Waals surface area contributed by atoms with E-state index < -0.39 is 15.9 Å². The van der Waals surface area contributed by atoms with Gasteiger partial charge in [-0.1, -0.05) is 25.4 Å². The predicted molar refractivity (Wildman–Crippen MR) is 114 cm³/mol. The summed E-state index contributed by atoms with van der Waals surface area (Å²) in [7, 11) is -3.64. The average molecular weight is 462 g/mol. The van der Waals surface area contributed by atoms with Crippen molar-refractivity contribution in [1.82, 2.24) is 9.71 Å². The summed E-state index contributed by atoms with van der Waals surface area (Å²) in [5, 5.41) is 0.616. The Bertz CT molecular complexity index is 1040. The van der Waals surface area contributed by atoms with Gasteiger partial charge in [0.25, 0.3) is 5.91 Å². The van der Waals surface area contributed by atoms with Crippen LogP contribution in [0.5, 0.6) is 5.75 Å². The van der Waals surface area contributed by atoms with Gasteiger partial charge in [0.05, 0.1) is 12.9 Å². The fourth-order valence-electron chi connectivity index (χ4n) is 3.22. The van der Waals surface area contributed by atoms with Gasteiger partial charge in [-0.3, -0.25) is 4.79 Å². The van der Waals surface area contributed by atoms with Crippen LogP contribution < -0.4 is 43.9 Å². The van der Waals surface area contributed by atoms with Crippen LogP contribution in [-0.4, -0.2) is 38.7 Å². The first kappa shape index (κ1) is 24.9. The molecule has 1 aliphatic rings. The molecule has 0 aliphatic carbocycles. The van der Waals surface area contributed by atoms with Crippen LogP contribution in [0.3, 0.4) is 0 Å². The van der Waals surface area contributed by atoms with Crippen LogP contribution in [-0.2, 0) is 23.0 Å². The third-order valence-corrected chi connectivity index (χ3v) is 5.23. The Morgan fingerprint density at radius 3 is 2.77 bits per heavy atom. The van der Waals surface area contributed by atoms with Gasteiger partial charge in [0.2, 0.25) is 10.0 Å². The topological polar surface area (TPSA) is 88.6 Å². The molecule has 0 radical (unpaired) electrons. The number of nitrogens with one attached hydrogen (secondary N) is 1. The molecule has 0 saturated heterocycles. The molecule has 1 aromatic carbocycles. The van der Waals surface area contributed by atoms with Crippen molar-refractivity contribution < 1.29 is 48.9 Å². The number of ether oxygens (including phenoxy) is 1. The number of carbonyl (C=O) groups is 1. The Hall–Kier alpha value is -1.32. The Morgan fingerprint density at radius 1 is 1.37 bits per heavy atom. The standard InChI is InChI=1S/C20H24ClN3O4S.Na.H/c1-13(2)12-28-18-5-4-15(21)10-14(18)11-24-9-7-16-17(6-8-22-19(16)24)20(25)23-29(3,26)27;;/h4-6,8,10,13H,7,9,11-12H2,1-3H3,(H,23,25);;/q;+1;-1. The molecular formula is C20H25ClN3NaO4S. The van der Waals surface area contributed by atoms with E-state index in [9.17, 15) is 13.2 Å². The van der Waals surface area contributed by atoms with Crippen LogP contribution in [0.15, 0.2) is 30.5 Å². The summed E-state index contributed by atoms with van der Waals surface area (Å²) >= 11 is 6.19. The summed E-state index contributed by atoms with van der Waals surface area (Å²) in [6.07, 6.45) is 3.07. The van der Waals surface area contributed by atoms with Crippen molar-refractivity contribution in [2.24, 2.45) is 5.92 Å². The summed E-state index contributed by atoms with van der Waals surface area (Å²) in [6, 6.07) is 7.07. The Labute approximate surface area is 206 Å². The maximum absolute atomic E-state index is 12.4. The second kappa shape index (κ2) is 10.3. The number of hydrogen-bond donors (Lipinski definition) is 1. The maximum atomic E-state index is 12.4. The Morgan fingerprint density at radius 2 is 2.10 bits per heavy atom. The number of halogens is 1. The summed E-state index contributed by atoms with van der Waals surface area (Å²) < 4.78 is 30.8. The van der Waals surface area contributed by atoms with Gasteiger partial charge >= 0.3 is 29.6 Å². The SMILES string of the molecule is CC(C)COc1ccc(Cl)cc1CN1CCc2c(C(=O)NS(C)(=O)=O)ccnc21.[H-].[Na+]. The smallest absolute Gasteiger partial charge is 1.00 e. The van der Waals surface area contributed by atoms with Crippen molar-refractivity contribution in [3.63, 3.8) is 0 Å². The van der Waals surface area contributed by atoms with Crippen LogP contribution in [0.4, 0.5) is 5.82 Å². The van der Waals surface area contributed by atoms with Gasteiger partial charge in [0.1, 0.15) is 11.6 Å². The predicted octanol–water partition coefficient (Wildman–Crippen LogP) is 0.138. The largest absolute Gasteiger partial charge is 1.00 e. The molecule has 7 nitrogen and oxygen atoms in total. The molecule has 0 saturated carbocycles. The van der Waals surface area contributed by atoms with Gasteiger partial charge in [-0.25, -0.2) is 18.1 Å². The molecule has 1 N–H and O–H groups in total. The first-order valence-corrected chi connectivity index (χ1v) is 11.6. The molecule has 0 spiro atoms. The fourth-order valence-corrected chi connectivity index (χ4v) is 3.86.